The SMILES string of the molecule is Cn1cc(-c2ccc(CN3C(=O)C4(CCN(C5CCCNC5)CC4)c4ccccc43)c(F)c2)cn1.Cn1cc(-c2ccc(CN3C(=O)C4(CCN(C5CCOC5)CC4)c4ccccc43)c(F)c2)cn1.Cn1cc(-c2ccc(CN3C(=O)C4(CCN(C5CCOCC5)CC4)c4ccccc43)c(F)c2)cn1. The monoisotopic (exact) mass is 1410 g/mol. The van der Waals surface area contributed by atoms with Crippen molar-refractivity contribution in [2.75, 3.05) is 93.5 Å². The molecule has 104 heavy (non-hydrogen) atoms. The van der Waals surface area contributed by atoms with E-state index >= 15 is 13.2 Å². The summed E-state index contributed by atoms with van der Waals surface area (Å²) in [6.07, 6.45) is 21.3. The van der Waals surface area contributed by atoms with Crippen molar-refractivity contribution in [3.8, 4) is 33.4 Å². The summed E-state index contributed by atoms with van der Waals surface area (Å²) in [6.45, 7) is 11.6. The molecule has 12 heterocycles. The summed E-state index contributed by atoms with van der Waals surface area (Å²) in [4.78, 5) is 54.9. The van der Waals surface area contributed by atoms with Gasteiger partial charge < -0.3 is 34.4 Å². The Morgan fingerprint density at radius 3 is 1.10 bits per heavy atom. The number of piperidine rings is 4. The van der Waals surface area contributed by atoms with Crippen molar-refractivity contribution >= 4 is 34.8 Å². The Bertz CT molecular complexity index is 4430. The van der Waals surface area contributed by atoms with Crippen LogP contribution in [0.15, 0.2) is 165 Å². The maximum absolute atomic E-state index is 15.2. The molecule has 6 fully saturated rings. The fraction of sp³-hybridized carbons (Fsp3) is 0.422. The number of benzene rings is 6. The summed E-state index contributed by atoms with van der Waals surface area (Å²) >= 11 is 0. The Labute approximate surface area is 606 Å². The van der Waals surface area contributed by atoms with Crippen LogP contribution in [0.3, 0.4) is 0 Å². The predicted octanol–water partition coefficient (Wildman–Crippen LogP) is 12.0. The van der Waals surface area contributed by atoms with Crippen LogP contribution in [-0.4, -0.2) is 159 Å². The van der Waals surface area contributed by atoms with Crippen molar-refractivity contribution in [1.82, 2.24) is 49.4 Å². The number of carbonyl (C=O) groups excluding carboxylic acids is 3. The van der Waals surface area contributed by atoms with Gasteiger partial charge in [0.15, 0.2) is 0 Å². The Morgan fingerprint density at radius 1 is 0.423 bits per heavy atom. The number of amides is 3. The highest BCUT2D eigenvalue weighted by molar-refractivity contribution is 6.10. The molecule has 18 rings (SSSR count). The molecule has 2 atom stereocenters. The van der Waals surface area contributed by atoms with E-state index in [0.717, 1.165) is 204 Å². The minimum absolute atomic E-state index is 0.103. The van der Waals surface area contributed by atoms with Gasteiger partial charge in [-0.3, -0.25) is 38.2 Å². The molecule has 6 aromatic carbocycles. The molecule has 0 aliphatic carbocycles. The Hall–Kier alpha value is -9.09. The van der Waals surface area contributed by atoms with Crippen LogP contribution in [0.5, 0.6) is 0 Å². The zero-order chi connectivity index (χ0) is 71.3. The molecule has 0 radical (unpaired) electrons. The van der Waals surface area contributed by atoms with Gasteiger partial charge in [0.25, 0.3) is 0 Å². The second-order valence-electron chi connectivity index (χ2n) is 30.1. The summed E-state index contributed by atoms with van der Waals surface area (Å²) in [5, 5.41) is 16.0. The first-order chi connectivity index (χ1) is 50.6. The van der Waals surface area contributed by atoms with E-state index in [1.54, 1.807) is 67.9 Å². The lowest BCUT2D eigenvalue weighted by Crippen LogP contribution is -2.54. The van der Waals surface area contributed by atoms with Crippen LogP contribution in [0.2, 0.25) is 0 Å². The number of fused-ring (bicyclic) bond motifs is 6. The Balaban J connectivity index is 0.000000120. The summed E-state index contributed by atoms with van der Waals surface area (Å²) in [5.41, 5.74) is 11.1. The van der Waals surface area contributed by atoms with Crippen LogP contribution < -0.4 is 20.0 Å². The largest absolute Gasteiger partial charge is 0.381 e. The molecule has 1 N–H and O–H groups in total. The molecule has 6 saturated heterocycles. The van der Waals surface area contributed by atoms with E-state index in [1.165, 1.54) is 18.9 Å². The maximum atomic E-state index is 15.2. The molecule has 9 aliphatic rings. The van der Waals surface area contributed by atoms with Gasteiger partial charge in [-0.25, -0.2) is 13.2 Å². The van der Waals surface area contributed by atoms with Crippen molar-refractivity contribution in [3.05, 3.63) is 215 Å². The van der Waals surface area contributed by atoms with Gasteiger partial charge in [0.2, 0.25) is 17.7 Å². The molecular formula is C83H92F3N13O5. The topological polar surface area (TPSA) is 155 Å². The molecule has 3 amide bonds. The van der Waals surface area contributed by atoms with Crippen LogP contribution in [0.1, 0.15) is 104 Å². The van der Waals surface area contributed by atoms with E-state index in [0.29, 0.717) is 34.8 Å². The highest BCUT2D eigenvalue weighted by atomic mass is 19.1. The number of nitrogens with zero attached hydrogens (tertiary/aromatic N) is 12. The van der Waals surface area contributed by atoms with Gasteiger partial charge in [-0.2, -0.15) is 15.3 Å². The smallest absolute Gasteiger partial charge is 0.238 e. The normalized spacial score (nSPS) is 21.5. The van der Waals surface area contributed by atoms with E-state index < -0.39 is 16.2 Å². The van der Waals surface area contributed by atoms with E-state index in [2.05, 4.69) is 53.5 Å². The van der Waals surface area contributed by atoms with Gasteiger partial charge in [-0.1, -0.05) is 91.0 Å². The third kappa shape index (κ3) is 13.1. The molecule has 0 bridgehead atoms. The second-order valence-corrected chi connectivity index (χ2v) is 30.1. The predicted molar refractivity (Wildman–Crippen MR) is 395 cm³/mol. The number of rotatable bonds is 12. The molecular weight excluding hydrogens is 1320 g/mol. The maximum Gasteiger partial charge on any atom is 0.238 e. The van der Waals surface area contributed by atoms with Crippen LogP contribution in [0.25, 0.3) is 33.4 Å². The summed E-state index contributed by atoms with van der Waals surface area (Å²) in [6, 6.07) is 41.6. The molecule has 3 spiro atoms. The average Bonchev–Trinajstić information content (AvgIpc) is 1.58. The second kappa shape index (κ2) is 29.1. The lowest BCUT2D eigenvalue weighted by molar-refractivity contribution is -0.126. The van der Waals surface area contributed by atoms with Crippen LogP contribution >= 0.6 is 0 Å². The van der Waals surface area contributed by atoms with Crippen molar-refractivity contribution < 1.29 is 37.0 Å². The molecule has 9 aromatic rings. The number of likely N-dealkylation sites (tertiary alicyclic amines) is 3. The van der Waals surface area contributed by atoms with Gasteiger partial charge in [0.05, 0.1) is 61.1 Å². The number of hydrogen-bond acceptors (Lipinski definition) is 12. The van der Waals surface area contributed by atoms with Gasteiger partial charge >= 0.3 is 0 Å². The van der Waals surface area contributed by atoms with E-state index in [-0.39, 0.29) is 54.8 Å². The highest BCUT2D eigenvalue weighted by Crippen LogP contribution is 2.52. The molecule has 3 aromatic heterocycles. The molecule has 540 valence electrons. The number of nitrogens with one attached hydrogen (secondary N) is 1. The van der Waals surface area contributed by atoms with Gasteiger partial charge in [0, 0.05) is 135 Å². The fourth-order valence-electron chi connectivity index (χ4n) is 18.3. The number of anilines is 3. The summed E-state index contributed by atoms with van der Waals surface area (Å²) < 4.78 is 61.8. The zero-order valence-electron chi connectivity index (χ0n) is 59.7. The third-order valence-electron chi connectivity index (χ3n) is 24.2. The summed E-state index contributed by atoms with van der Waals surface area (Å²) in [7, 11) is 5.53. The summed E-state index contributed by atoms with van der Waals surface area (Å²) in [5.74, 6) is -0.559. The van der Waals surface area contributed by atoms with Crippen LogP contribution in [0.4, 0.5) is 30.2 Å². The van der Waals surface area contributed by atoms with Crippen molar-refractivity contribution in [2.45, 2.75) is 125 Å². The highest BCUT2D eigenvalue weighted by Gasteiger charge is 2.55. The first-order valence-corrected chi connectivity index (χ1v) is 37.3. The quantitative estimate of drug-likeness (QED) is 0.124. The van der Waals surface area contributed by atoms with E-state index in [4.69, 9.17) is 9.47 Å². The lowest BCUT2D eigenvalue weighted by atomic mass is 9.73. The fourth-order valence-corrected chi connectivity index (χ4v) is 18.3. The Kier molecular flexibility index (Phi) is 19.4. The van der Waals surface area contributed by atoms with Crippen LogP contribution in [0, 0.1) is 17.5 Å². The molecule has 9 aliphatic heterocycles. The van der Waals surface area contributed by atoms with Crippen molar-refractivity contribution in [1.29, 1.82) is 0 Å². The molecule has 0 saturated carbocycles. The van der Waals surface area contributed by atoms with Gasteiger partial charge in [-0.15, -0.1) is 0 Å². The molecule has 2 unspecified atom stereocenters. The first kappa shape index (κ1) is 69.3. The number of hydrogen-bond donors (Lipinski definition) is 1. The van der Waals surface area contributed by atoms with Gasteiger partial charge in [-0.05, 0) is 186 Å². The third-order valence-corrected chi connectivity index (χ3v) is 24.2. The van der Waals surface area contributed by atoms with E-state index in [1.807, 2.05) is 122 Å². The van der Waals surface area contributed by atoms with Crippen molar-refractivity contribution in [3.63, 3.8) is 0 Å². The standard InChI is InChI=1S/C28H32FN5O.C28H31FN4O2.C27H29FN4O2/c1-32-18-22(16-31-32)20-8-9-21(25(29)15-20)19-34-26-7-3-2-6-24(26)28(27(34)35)10-13-33(14-11-28)23-5-4-12-30-17-23;1-31-18-22(17-30-31)20-6-7-21(25(29)16-20)19-33-26-5-3-2-4-24(26)28(27(33)34)10-12-32(13-11-28)23-8-14-35-15-9-23;1-30-16-21(15-29-30)19-6-7-20(24(28)14-19)17-32-25-5-3-2-4-23(25)27(26(32)33)9-11-31(12-10-27)22-8-13-34-18-22/h2-3,6-9,15-16,18,23,30H,4-5,10-14,17,19H2,1H3;2-7,16-18,23H,8-15,19H2,1H3;2-7,14-16,22H,8-13,17-18H2,1H3. The number of aryl methyl sites for hydroxylation is 3. The number of ether oxygens (including phenoxy) is 2. The molecule has 21 heteroatoms. The Morgan fingerprint density at radius 2 is 0.769 bits per heavy atom. The zero-order valence-corrected chi connectivity index (χ0v) is 59.7. The minimum atomic E-state index is -0.515. The number of carbonyl (C=O) groups is 3. The van der Waals surface area contributed by atoms with E-state index in [9.17, 15) is 14.4 Å². The molecule has 18 nitrogen and oxygen atoms in total. The minimum Gasteiger partial charge on any atom is -0.381 e. The number of halogens is 3. The number of para-hydroxylation sites is 3. The lowest BCUT2D eigenvalue weighted by Gasteiger charge is -2.43. The first-order valence-electron chi connectivity index (χ1n) is 37.3. The van der Waals surface area contributed by atoms with Crippen molar-refractivity contribution in [2.24, 2.45) is 21.1 Å². The number of aromatic nitrogens is 6. The van der Waals surface area contributed by atoms with Gasteiger partial charge in [0.1, 0.15) is 17.5 Å². The average molecular weight is 1410 g/mol. The van der Waals surface area contributed by atoms with Crippen LogP contribution in [-0.2, 0) is 80.9 Å².